The van der Waals surface area contributed by atoms with Crippen LogP contribution in [0.2, 0.25) is 0 Å². The number of benzene rings is 1. The summed E-state index contributed by atoms with van der Waals surface area (Å²) >= 11 is 0. The third-order valence-corrected chi connectivity index (χ3v) is 2.20. The molecule has 0 saturated heterocycles. The van der Waals surface area contributed by atoms with Crippen LogP contribution in [0.15, 0.2) is 34.9 Å². The number of hydrogen-bond donors (Lipinski definition) is 1. The predicted molar refractivity (Wildman–Crippen MR) is 61.4 cm³/mol. The van der Waals surface area contributed by atoms with Crippen LogP contribution in [0.25, 0.3) is 0 Å². The first kappa shape index (κ1) is 12.6. The Labute approximate surface area is 107 Å². The van der Waals surface area contributed by atoms with E-state index in [0.29, 0.717) is 5.75 Å². The number of methoxy groups -OCH3 is 1. The Hall–Kier alpha value is -2.83. The lowest BCUT2D eigenvalue weighted by Gasteiger charge is -2.06. The van der Waals surface area contributed by atoms with E-state index in [0.717, 1.165) is 6.07 Å². The molecule has 1 N–H and O–H groups in total. The molecule has 0 aliphatic heterocycles. The van der Waals surface area contributed by atoms with Crippen molar-refractivity contribution >= 4 is 11.9 Å². The van der Waals surface area contributed by atoms with Gasteiger partial charge in [0.25, 0.3) is 0 Å². The van der Waals surface area contributed by atoms with E-state index in [1.807, 2.05) is 0 Å². The minimum atomic E-state index is -1.32. The molecule has 0 aliphatic carbocycles. The highest BCUT2D eigenvalue weighted by Gasteiger charge is 2.19. The van der Waals surface area contributed by atoms with Crippen molar-refractivity contribution in [2.45, 2.75) is 0 Å². The number of nitrogens with zero attached hydrogens (tertiary/aromatic N) is 1. The molecule has 0 amide bonds. The van der Waals surface area contributed by atoms with Gasteiger partial charge < -0.3 is 19.1 Å². The number of hydrogen-bond acceptors (Lipinski definition) is 6. The molecular weight excluding hydrogens is 254 g/mol. The fourth-order valence-corrected chi connectivity index (χ4v) is 1.33. The second kappa shape index (κ2) is 5.21. The maximum atomic E-state index is 11.7. The largest absolute Gasteiger partial charge is 0.493 e. The van der Waals surface area contributed by atoms with E-state index in [1.165, 1.54) is 13.2 Å². The van der Waals surface area contributed by atoms with E-state index in [2.05, 4.69) is 9.68 Å². The smallest absolute Gasteiger partial charge is 0.374 e. The lowest BCUT2D eigenvalue weighted by molar-refractivity contribution is 0.0646. The number of ether oxygens (including phenoxy) is 2. The van der Waals surface area contributed by atoms with Crippen molar-refractivity contribution in [2.24, 2.45) is 0 Å². The molecular formula is C12H9NO6. The zero-order valence-corrected chi connectivity index (χ0v) is 9.82. The number of carboxylic acid groups (broad SMARTS) is 1. The van der Waals surface area contributed by atoms with Crippen LogP contribution in [0.1, 0.15) is 21.0 Å². The van der Waals surface area contributed by atoms with Crippen LogP contribution in [0.4, 0.5) is 0 Å². The average Bonchev–Trinajstić information content (AvgIpc) is 2.89. The van der Waals surface area contributed by atoms with Crippen molar-refractivity contribution in [1.29, 1.82) is 0 Å². The minimum Gasteiger partial charge on any atom is -0.493 e. The van der Waals surface area contributed by atoms with Crippen LogP contribution in [0.3, 0.4) is 0 Å². The average molecular weight is 263 g/mol. The van der Waals surface area contributed by atoms with Crippen LogP contribution in [0.5, 0.6) is 11.5 Å². The van der Waals surface area contributed by atoms with Crippen molar-refractivity contribution in [2.75, 3.05) is 7.11 Å². The zero-order valence-electron chi connectivity index (χ0n) is 9.82. The SMILES string of the molecule is COc1ccccc1OC(=O)c1cc(C(=O)O)on1. The summed E-state index contributed by atoms with van der Waals surface area (Å²) in [6, 6.07) is 7.52. The number of para-hydroxylation sites is 2. The Morgan fingerprint density at radius 3 is 2.53 bits per heavy atom. The van der Waals surface area contributed by atoms with Crippen LogP contribution >= 0.6 is 0 Å². The van der Waals surface area contributed by atoms with Gasteiger partial charge in [-0.15, -0.1) is 0 Å². The quantitative estimate of drug-likeness (QED) is 0.660. The number of aromatic nitrogens is 1. The third-order valence-electron chi connectivity index (χ3n) is 2.20. The van der Waals surface area contributed by atoms with E-state index in [9.17, 15) is 9.59 Å². The molecule has 0 atom stereocenters. The molecule has 0 saturated carbocycles. The van der Waals surface area contributed by atoms with E-state index < -0.39 is 17.7 Å². The summed E-state index contributed by atoms with van der Waals surface area (Å²) in [5.41, 5.74) is -0.233. The number of carbonyl (C=O) groups is 2. The fourth-order valence-electron chi connectivity index (χ4n) is 1.33. The van der Waals surface area contributed by atoms with Crippen molar-refractivity contribution in [3.05, 3.63) is 41.8 Å². The number of rotatable bonds is 4. The predicted octanol–water partition coefficient (Wildman–Crippen LogP) is 1.60. The van der Waals surface area contributed by atoms with Gasteiger partial charge in [0.1, 0.15) is 0 Å². The normalized spacial score (nSPS) is 9.95. The summed E-state index contributed by atoms with van der Waals surface area (Å²) in [5, 5.41) is 12.0. The molecule has 1 heterocycles. The summed E-state index contributed by atoms with van der Waals surface area (Å²) in [6.45, 7) is 0. The number of carboxylic acids is 1. The summed E-state index contributed by atoms with van der Waals surface area (Å²) in [7, 11) is 1.44. The summed E-state index contributed by atoms with van der Waals surface area (Å²) < 4.78 is 14.5. The molecule has 2 aromatic rings. The van der Waals surface area contributed by atoms with E-state index in [-0.39, 0.29) is 11.4 Å². The summed E-state index contributed by atoms with van der Waals surface area (Å²) in [5.74, 6) is -2.01. The van der Waals surface area contributed by atoms with Gasteiger partial charge in [-0.1, -0.05) is 17.3 Å². The number of aromatic carboxylic acids is 1. The van der Waals surface area contributed by atoms with Crippen molar-refractivity contribution in [3.63, 3.8) is 0 Å². The third kappa shape index (κ3) is 2.71. The molecule has 19 heavy (non-hydrogen) atoms. The molecule has 0 spiro atoms. The molecule has 0 radical (unpaired) electrons. The molecule has 1 aromatic heterocycles. The van der Waals surface area contributed by atoms with Gasteiger partial charge in [0.05, 0.1) is 7.11 Å². The zero-order chi connectivity index (χ0) is 13.8. The molecule has 1 aromatic carbocycles. The number of carbonyl (C=O) groups excluding carboxylic acids is 1. The van der Waals surface area contributed by atoms with Crippen LogP contribution < -0.4 is 9.47 Å². The molecule has 0 unspecified atom stereocenters. The molecule has 0 fully saturated rings. The van der Waals surface area contributed by atoms with Crippen molar-refractivity contribution < 1.29 is 28.7 Å². The standard InChI is InChI=1S/C12H9NO6/c1-17-8-4-2-3-5-9(8)18-12(16)7-6-10(11(14)15)19-13-7/h2-6H,1H3,(H,14,15). The first-order valence-electron chi connectivity index (χ1n) is 5.17. The first-order chi connectivity index (χ1) is 9.11. The minimum absolute atomic E-state index is 0.204. The van der Waals surface area contributed by atoms with Gasteiger partial charge in [0, 0.05) is 6.07 Å². The van der Waals surface area contributed by atoms with Crippen LogP contribution in [0, 0.1) is 0 Å². The Kier molecular flexibility index (Phi) is 3.46. The summed E-state index contributed by atoms with van der Waals surface area (Å²) in [4.78, 5) is 22.3. The van der Waals surface area contributed by atoms with Gasteiger partial charge in [-0.3, -0.25) is 0 Å². The van der Waals surface area contributed by atoms with Crippen molar-refractivity contribution in [3.8, 4) is 11.5 Å². The highest BCUT2D eigenvalue weighted by molar-refractivity contribution is 5.92. The van der Waals surface area contributed by atoms with Crippen LogP contribution in [-0.4, -0.2) is 29.3 Å². The molecule has 98 valence electrons. The maximum Gasteiger partial charge on any atom is 0.374 e. The van der Waals surface area contributed by atoms with Gasteiger partial charge in [-0.05, 0) is 12.1 Å². The van der Waals surface area contributed by atoms with Crippen LogP contribution in [-0.2, 0) is 0 Å². The van der Waals surface area contributed by atoms with Gasteiger partial charge >= 0.3 is 11.9 Å². The Morgan fingerprint density at radius 1 is 1.26 bits per heavy atom. The second-order valence-electron chi connectivity index (χ2n) is 3.42. The lowest BCUT2D eigenvalue weighted by atomic mass is 10.3. The monoisotopic (exact) mass is 263 g/mol. The highest BCUT2D eigenvalue weighted by Crippen LogP contribution is 2.26. The highest BCUT2D eigenvalue weighted by atomic mass is 16.6. The van der Waals surface area contributed by atoms with Crippen molar-refractivity contribution in [1.82, 2.24) is 5.16 Å². The van der Waals surface area contributed by atoms with Gasteiger partial charge in [0.2, 0.25) is 5.76 Å². The lowest BCUT2D eigenvalue weighted by Crippen LogP contribution is -2.09. The Bertz CT molecular complexity index is 618. The second-order valence-corrected chi connectivity index (χ2v) is 3.42. The molecule has 7 nitrogen and oxygen atoms in total. The fraction of sp³-hybridized carbons (Fsp3) is 0.0833. The van der Waals surface area contributed by atoms with E-state index in [4.69, 9.17) is 14.6 Å². The van der Waals surface area contributed by atoms with Gasteiger partial charge in [-0.2, -0.15) is 0 Å². The maximum absolute atomic E-state index is 11.7. The Balaban J connectivity index is 2.18. The van der Waals surface area contributed by atoms with Gasteiger partial charge in [0.15, 0.2) is 17.2 Å². The van der Waals surface area contributed by atoms with Gasteiger partial charge in [-0.25, -0.2) is 9.59 Å². The first-order valence-corrected chi connectivity index (χ1v) is 5.17. The Morgan fingerprint density at radius 2 is 1.95 bits per heavy atom. The molecule has 2 rings (SSSR count). The van der Waals surface area contributed by atoms with E-state index in [1.54, 1.807) is 18.2 Å². The number of esters is 1. The molecule has 0 aliphatic rings. The molecule has 0 bridgehead atoms. The molecule has 7 heteroatoms. The topological polar surface area (TPSA) is 98.9 Å². The van der Waals surface area contributed by atoms with E-state index >= 15 is 0 Å². The summed E-state index contributed by atoms with van der Waals surface area (Å²) in [6.07, 6.45) is 0.